The van der Waals surface area contributed by atoms with Crippen LogP contribution in [0.4, 0.5) is 14.9 Å². The number of halogens is 1. The molecule has 0 saturated carbocycles. The highest BCUT2D eigenvalue weighted by Crippen LogP contribution is 2.33. The van der Waals surface area contributed by atoms with Crippen LogP contribution in [-0.4, -0.2) is 13.1 Å². The molecular weight excluding hydrogens is 307 g/mol. The molecular formula is C19H23FN2O2. The molecule has 4 nitrogen and oxygen atoms in total. The highest BCUT2D eigenvalue weighted by atomic mass is 19.1. The van der Waals surface area contributed by atoms with Crippen molar-refractivity contribution in [2.75, 3.05) is 12.4 Å². The molecule has 2 amide bonds. The van der Waals surface area contributed by atoms with Crippen molar-refractivity contribution in [3.8, 4) is 5.75 Å². The number of rotatable bonds is 4. The standard InChI is InChI=1S/C19H23FN2O2/c1-19(2,3)17(13-8-6-5-7-9-13)22-18(23)21-15-11-10-14(20)12-16(15)24-4/h5-12,17H,1-4H3,(H2,21,22,23). The van der Waals surface area contributed by atoms with Gasteiger partial charge in [0.05, 0.1) is 18.8 Å². The van der Waals surface area contributed by atoms with Crippen molar-refractivity contribution < 1.29 is 13.9 Å². The lowest BCUT2D eigenvalue weighted by molar-refractivity contribution is 0.229. The van der Waals surface area contributed by atoms with E-state index in [2.05, 4.69) is 31.4 Å². The summed E-state index contributed by atoms with van der Waals surface area (Å²) in [6.07, 6.45) is 0. The second-order valence-corrected chi connectivity index (χ2v) is 6.65. The molecule has 2 aromatic carbocycles. The third kappa shape index (κ3) is 4.47. The van der Waals surface area contributed by atoms with Gasteiger partial charge in [-0.05, 0) is 23.1 Å². The van der Waals surface area contributed by atoms with E-state index in [-0.39, 0.29) is 23.2 Å². The Morgan fingerprint density at radius 1 is 1.12 bits per heavy atom. The van der Waals surface area contributed by atoms with Crippen molar-refractivity contribution in [3.63, 3.8) is 0 Å². The Hall–Kier alpha value is -2.56. The van der Waals surface area contributed by atoms with Gasteiger partial charge < -0.3 is 15.4 Å². The zero-order valence-electron chi connectivity index (χ0n) is 14.4. The number of benzene rings is 2. The quantitative estimate of drug-likeness (QED) is 0.850. The maximum absolute atomic E-state index is 13.3. The molecule has 0 aliphatic heterocycles. The van der Waals surface area contributed by atoms with Gasteiger partial charge in [0.15, 0.2) is 0 Å². The van der Waals surface area contributed by atoms with Crippen LogP contribution in [0.1, 0.15) is 32.4 Å². The molecule has 0 fully saturated rings. The highest BCUT2D eigenvalue weighted by Gasteiger charge is 2.28. The molecule has 0 aliphatic rings. The molecule has 0 aliphatic carbocycles. The monoisotopic (exact) mass is 330 g/mol. The lowest BCUT2D eigenvalue weighted by Gasteiger charge is -2.32. The summed E-state index contributed by atoms with van der Waals surface area (Å²) in [5, 5.41) is 5.71. The minimum absolute atomic E-state index is 0.175. The van der Waals surface area contributed by atoms with E-state index in [0.29, 0.717) is 5.69 Å². The van der Waals surface area contributed by atoms with Crippen molar-refractivity contribution in [2.24, 2.45) is 5.41 Å². The average molecular weight is 330 g/mol. The van der Waals surface area contributed by atoms with Gasteiger partial charge in [-0.15, -0.1) is 0 Å². The molecule has 0 aromatic heterocycles. The Bertz CT molecular complexity index is 696. The van der Waals surface area contributed by atoms with Gasteiger partial charge in [-0.1, -0.05) is 51.1 Å². The maximum atomic E-state index is 13.3. The van der Waals surface area contributed by atoms with Gasteiger partial charge in [0.1, 0.15) is 11.6 Å². The Kier molecular flexibility index (Phi) is 5.44. The van der Waals surface area contributed by atoms with Crippen LogP contribution in [0, 0.1) is 11.2 Å². The topological polar surface area (TPSA) is 50.4 Å². The summed E-state index contributed by atoms with van der Waals surface area (Å²) in [5.74, 6) is -0.146. The third-order valence-electron chi connectivity index (χ3n) is 3.69. The molecule has 0 heterocycles. The molecule has 2 aromatic rings. The average Bonchev–Trinajstić information content (AvgIpc) is 2.54. The molecule has 2 rings (SSSR count). The van der Waals surface area contributed by atoms with Crippen LogP contribution < -0.4 is 15.4 Å². The lowest BCUT2D eigenvalue weighted by Crippen LogP contribution is -2.39. The fourth-order valence-electron chi connectivity index (χ4n) is 2.50. The van der Waals surface area contributed by atoms with E-state index >= 15 is 0 Å². The largest absolute Gasteiger partial charge is 0.494 e. The molecule has 5 heteroatoms. The minimum Gasteiger partial charge on any atom is -0.494 e. The van der Waals surface area contributed by atoms with E-state index in [9.17, 15) is 9.18 Å². The van der Waals surface area contributed by atoms with Crippen LogP contribution in [0.15, 0.2) is 48.5 Å². The predicted molar refractivity (Wildman–Crippen MR) is 93.7 cm³/mol. The van der Waals surface area contributed by atoms with E-state index in [0.717, 1.165) is 5.56 Å². The number of urea groups is 1. The van der Waals surface area contributed by atoms with E-state index < -0.39 is 5.82 Å². The Morgan fingerprint density at radius 2 is 1.79 bits per heavy atom. The number of anilines is 1. The summed E-state index contributed by atoms with van der Waals surface area (Å²) in [4.78, 5) is 12.4. The van der Waals surface area contributed by atoms with Crippen LogP contribution in [0.3, 0.4) is 0 Å². The first-order valence-electron chi connectivity index (χ1n) is 7.77. The molecule has 0 saturated heterocycles. The van der Waals surface area contributed by atoms with E-state index in [4.69, 9.17) is 4.74 Å². The summed E-state index contributed by atoms with van der Waals surface area (Å²) in [6, 6.07) is 13.2. The smallest absolute Gasteiger partial charge is 0.319 e. The summed E-state index contributed by atoms with van der Waals surface area (Å²) >= 11 is 0. The number of nitrogens with one attached hydrogen (secondary N) is 2. The first-order valence-corrected chi connectivity index (χ1v) is 7.77. The molecule has 1 atom stereocenters. The Labute approximate surface area is 142 Å². The van der Waals surface area contributed by atoms with Gasteiger partial charge >= 0.3 is 6.03 Å². The van der Waals surface area contributed by atoms with Crippen LogP contribution >= 0.6 is 0 Å². The fourth-order valence-corrected chi connectivity index (χ4v) is 2.50. The van der Waals surface area contributed by atoms with E-state index in [1.807, 2.05) is 30.3 Å². The molecule has 1 unspecified atom stereocenters. The molecule has 128 valence electrons. The van der Waals surface area contributed by atoms with Crippen molar-refractivity contribution in [2.45, 2.75) is 26.8 Å². The van der Waals surface area contributed by atoms with Crippen LogP contribution in [0.25, 0.3) is 0 Å². The second-order valence-electron chi connectivity index (χ2n) is 6.65. The van der Waals surface area contributed by atoms with Gasteiger partial charge in [-0.25, -0.2) is 9.18 Å². The molecule has 2 N–H and O–H groups in total. The third-order valence-corrected chi connectivity index (χ3v) is 3.69. The normalized spacial score (nSPS) is 12.4. The summed E-state index contributed by atoms with van der Waals surface area (Å²) < 4.78 is 18.4. The van der Waals surface area contributed by atoms with E-state index in [1.165, 1.54) is 25.3 Å². The number of hydrogen-bond donors (Lipinski definition) is 2. The number of carbonyl (C=O) groups excluding carboxylic acids is 1. The second kappa shape index (κ2) is 7.34. The number of methoxy groups -OCH3 is 1. The van der Waals surface area contributed by atoms with Crippen LogP contribution in [0.2, 0.25) is 0 Å². The van der Waals surface area contributed by atoms with Crippen LogP contribution in [0.5, 0.6) is 5.75 Å². The van der Waals surface area contributed by atoms with Crippen molar-refractivity contribution in [1.82, 2.24) is 5.32 Å². The van der Waals surface area contributed by atoms with Crippen molar-refractivity contribution >= 4 is 11.7 Å². The Morgan fingerprint density at radius 3 is 2.38 bits per heavy atom. The fraction of sp³-hybridized carbons (Fsp3) is 0.316. The zero-order valence-corrected chi connectivity index (χ0v) is 14.4. The molecule has 0 bridgehead atoms. The molecule has 24 heavy (non-hydrogen) atoms. The first-order chi connectivity index (χ1) is 11.3. The molecule has 0 spiro atoms. The minimum atomic E-state index is -0.422. The SMILES string of the molecule is COc1cc(F)ccc1NC(=O)NC(c1ccccc1)C(C)(C)C. The summed E-state index contributed by atoms with van der Waals surface area (Å²) in [5.41, 5.74) is 1.26. The predicted octanol–water partition coefficient (Wildman–Crippen LogP) is 4.74. The Balaban J connectivity index is 2.17. The summed E-state index contributed by atoms with van der Waals surface area (Å²) in [6.45, 7) is 6.18. The number of amides is 2. The summed E-state index contributed by atoms with van der Waals surface area (Å²) in [7, 11) is 1.43. The van der Waals surface area contributed by atoms with Gasteiger partial charge in [0.2, 0.25) is 0 Å². The molecule has 0 radical (unpaired) electrons. The lowest BCUT2D eigenvalue weighted by atomic mass is 9.82. The maximum Gasteiger partial charge on any atom is 0.319 e. The first kappa shape index (κ1) is 17.8. The number of hydrogen-bond acceptors (Lipinski definition) is 2. The zero-order chi connectivity index (χ0) is 17.7. The van der Waals surface area contributed by atoms with Crippen molar-refractivity contribution in [3.05, 3.63) is 59.9 Å². The number of carbonyl (C=O) groups is 1. The van der Waals surface area contributed by atoms with Crippen LogP contribution in [-0.2, 0) is 0 Å². The van der Waals surface area contributed by atoms with Crippen molar-refractivity contribution in [1.29, 1.82) is 0 Å². The van der Waals surface area contributed by atoms with Gasteiger partial charge in [0, 0.05) is 6.07 Å². The van der Waals surface area contributed by atoms with Gasteiger partial charge in [0.25, 0.3) is 0 Å². The number of ether oxygens (including phenoxy) is 1. The van der Waals surface area contributed by atoms with Gasteiger partial charge in [-0.3, -0.25) is 0 Å². The highest BCUT2D eigenvalue weighted by molar-refractivity contribution is 5.91. The van der Waals surface area contributed by atoms with E-state index in [1.54, 1.807) is 0 Å². The van der Waals surface area contributed by atoms with Gasteiger partial charge in [-0.2, -0.15) is 0 Å².